The van der Waals surface area contributed by atoms with Gasteiger partial charge in [-0.1, -0.05) is 24.6 Å². The molecule has 4 nitrogen and oxygen atoms in total. The molecule has 1 unspecified atom stereocenters. The average Bonchev–Trinajstić information content (AvgIpc) is 3.10. The van der Waals surface area contributed by atoms with Crippen molar-refractivity contribution in [3.05, 3.63) is 59.9 Å². The molecule has 3 heterocycles. The Morgan fingerprint density at radius 3 is 2.62 bits per heavy atom. The third kappa shape index (κ3) is 2.05. The highest BCUT2D eigenvalue weighted by Gasteiger charge is 2.50. The molecule has 1 aromatic heterocycles. The molecule has 122 valence electrons. The predicted molar refractivity (Wildman–Crippen MR) is 92.9 cm³/mol. The number of hydrogen-bond donors (Lipinski definition) is 0. The van der Waals surface area contributed by atoms with Gasteiger partial charge in [-0.25, -0.2) is 5.01 Å². The summed E-state index contributed by atoms with van der Waals surface area (Å²) in [4.78, 5) is 4.13. The summed E-state index contributed by atoms with van der Waals surface area (Å²) < 4.78 is 6.57. The van der Waals surface area contributed by atoms with Crippen LogP contribution in [0.5, 0.6) is 5.75 Å². The Balaban J connectivity index is 1.61. The molecule has 1 atom stereocenters. The lowest BCUT2D eigenvalue weighted by atomic mass is 9.86. The summed E-state index contributed by atoms with van der Waals surface area (Å²) in [6.45, 7) is 0. The van der Waals surface area contributed by atoms with Crippen LogP contribution in [0.3, 0.4) is 0 Å². The van der Waals surface area contributed by atoms with Crippen LogP contribution in [-0.4, -0.2) is 21.4 Å². The van der Waals surface area contributed by atoms with Crippen molar-refractivity contribution in [3.63, 3.8) is 0 Å². The molecule has 1 aliphatic carbocycles. The normalized spacial score (nSPS) is 24.1. The number of aromatic nitrogens is 1. The molecule has 0 saturated heterocycles. The molecule has 0 amide bonds. The van der Waals surface area contributed by atoms with E-state index in [0.717, 1.165) is 30.7 Å². The lowest BCUT2D eigenvalue weighted by molar-refractivity contribution is -0.140. The Kier molecular flexibility index (Phi) is 3.12. The number of nitrogens with zero attached hydrogens (tertiary/aromatic N) is 3. The fourth-order valence-corrected chi connectivity index (χ4v) is 4.38. The highest BCUT2D eigenvalue weighted by molar-refractivity contribution is 6.01. The average molecular weight is 319 g/mol. The molecule has 4 heteroatoms. The number of hydrogen-bond acceptors (Lipinski definition) is 4. The van der Waals surface area contributed by atoms with Crippen LogP contribution in [0.25, 0.3) is 0 Å². The first-order chi connectivity index (χ1) is 11.9. The monoisotopic (exact) mass is 319 g/mol. The molecule has 0 radical (unpaired) electrons. The summed E-state index contributed by atoms with van der Waals surface area (Å²) in [5.41, 5.74) is 3.32. The maximum atomic E-state index is 6.57. The second kappa shape index (κ2) is 5.33. The minimum atomic E-state index is -0.258. The zero-order valence-electron chi connectivity index (χ0n) is 13.7. The number of hydrazone groups is 1. The summed E-state index contributed by atoms with van der Waals surface area (Å²) in [6.07, 6.45) is 10.5. The van der Waals surface area contributed by atoms with Crippen molar-refractivity contribution in [2.45, 2.75) is 50.3 Å². The van der Waals surface area contributed by atoms with E-state index in [1.54, 1.807) is 0 Å². The smallest absolute Gasteiger partial charge is 0.198 e. The number of rotatable bonds is 1. The fraction of sp³-hybridized carbons (Fsp3) is 0.400. The fourth-order valence-electron chi connectivity index (χ4n) is 4.38. The van der Waals surface area contributed by atoms with Crippen molar-refractivity contribution in [1.29, 1.82) is 0 Å². The number of para-hydroxylation sites is 1. The Morgan fingerprint density at radius 1 is 1.00 bits per heavy atom. The Morgan fingerprint density at radius 2 is 1.79 bits per heavy atom. The van der Waals surface area contributed by atoms with Gasteiger partial charge in [-0.15, -0.1) is 0 Å². The van der Waals surface area contributed by atoms with Crippen molar-refractivity contribution in [1.82, 2.24) is 9.99 Å². The highest BCUT2D eigenvalue weighted by Crippen LogP contribution is 2.51. The minimum absolute atomic E-state index is 0.258. The maximum Gasteiger partial charge on any atom is 0.198 e. The first-order valence-corrected chi connectivity index (χ1v) is 8.91. The summed E-state index contributed by atoms with van der Waals surface area (Å²) in [7, 11) is 0. The van der Waals surface area contributed by atoms with E-state index >= 15 is 0 Å². The molecule has 0 bridgehead atoms. The van der Waals surface area contributed by atoms with Crippen molar-refractivity contribution >= 4 is 5.71 Å². The molecule has 24 heavy (non-hydrogen) atoms. The molecule has 1 spiro atoms. The standard InChI is InChI=1S/C20H21N3O/c1-4-10-20(11-5-1)23-18(16-6-2-3-7-19(16)24-20)14-17(22-23)15-8-12-21-13-9-15/h2-3,6-9,12-13,18H,1,4-5,10-11,14H2. The first kappa shape index (κ1) is 14.0. The van der Waals surface area contributed by atoms with E-state index in [-0.39, 0.29) is 11.8 Å². The number of benzene rings is 1. The first-order valence-electron chi connectivity index (χ1n) is 8.91. The second-order valence-corrected chi connectivity index (χ2v) is 6.99. The quantitative estimate of drug-likeness (QED) is 0.787. The minimum Gasteiger partial charge on any atom is -0.466 e. The van der Waals surface area contributed by atoms with Crippen molar-refractivity contribution in [3.8, 4) is 5.75 Å². The molecular weight excluding hydrogens is 298 g/mol. The SMILES string of the molecule is c1ccc2c(c1)OC1(CCCCC1)N1N=C(c3ccncc3)CC21. The topological polar surface area (TPSA) is 37.7 Å². The number of pyridine rings is 1. The zero-order chi connectivity index (χ0) is 16.0. The van der Waals surface area contributed by atoms with Gasteiger partial charge in [-0.3, -0.25) is 4.98 Å². The van der Waals surface area contributed by atoms with E-state index in [9.17, 15) is 0 Å². The highest BCUT2D eigenvalue weighted by atomic mass is 16.5. The van der Waals surface area contributed by atoms with Crippen molar-refractivity contribution < 1.29 is 4.74 Å². The molecule has 5 rings (SSSR count). The summed E-state index contributed by atoms with van der Waals surface area (Å²) >= 11 is 0. The van der Waals surface area contributed by atoms with Crippen molar-refractivity contribution in [2.75, 3.05) is 0 Å². The van der Waals surface area contributed by atoms with Gasteiger partial charge in [0.05, 0.1) is 11.8 Å². The van der Waals surface area contributed by atoms with Gasteiger partial charge in [-0.2, -0.15) is 5.10 Å². The number of ether oxygens (including phenoxy) is 1. The van der Waals surface area contributed by atoms with E-state index in [4.69, 9.17) is 9.84 Å². The van der Waals surface area contributed by atoms with Crippen LogP contribution in [0, 0.1) is 0 Å². The Labute approximate surface area is 142 Å². The maximum absolute atomic E-state index is 6.57. The molecule has 1 aromatic carbocycles. The van der Waals surface area contributed by atoms with Gasteiger partial charge in [0.25, 0.3) is 0 Å². The zero-order valence-corrected chi connectivity index (χ0v) is 13.7. The van der Waals surface area contributed by atoms with Crippen LogP contribution >= 0.6 is 0 Å². The van der Waals surface area contributed by atoms with Gasteiger partial charge in [-0.05, 0) is 31.0 Å². The van der Waals surface area contributed by atoms with E-state index in [1.165, 1.54) is 30.4 Å². The molecule has 1 fully saturated rings. The lowest BCUT2D eigenvalue weighted by Crippen LogP contribution is -2.54. The molecule has 0 N–H and O–H groups in total. The van der Waals surface area contributed by atoms with Crippen LogP contribution in [-0.2, 0) is 0 Å². The molecule has 2 aliphatic heterocycles. The van der Waals surface area contributed by atoms with Crippen molar-refractivity contribution in [2.24, 2.45) is 5.10 Å². The van der Waals surface area contributed by atoms with Gasteiger partial charge >= 0.3 is 0 Å². The van der Waals surface area contributed by atoms with Crippen LogP contribution < -0.4 is 4.74 Å². The largest absolute Gasteiger partial charge is 0.466 e. The second-order valence-electron chi connectivity index (χ2n) is 6.99. The van der Waals surface area contributed by atoms with E-state index in [2.05, 4.69) is 46.4 Å². The molecule has 2 aromatic rings. The van der Waals surface area contributed by atoms with Crippen LogP contribution in [0.2, 0.25) is 0 Å². The van der Waals surface area contributed by atoms with E-state index < -0.39 is 0 Å². The third-order valence-corrected chi connectivity index (χ3v) is 5.55. The Bertz CT molecular complexity index is 780. The predicted octanol–water partition coefficient (Wildman–Crippen LogP) is 4.29. The van der Waals surface area contributed by atoms with Gasteiger partial charge < -0.3 is 4.74 Å². The molecule has 1 saturated carbocycles. The van der Waals surface area contributed by atoms with Crippen LogP contribution in [0.15, 0.2) is 53.9 Å². The van der Waals surface area contributed by atoms with Gasteiger partial charge in [0, 0.05) is 42.8 Å². The molecule has 3 aliphatic rings. The van der Waals surface area contributed by atoms with Gasteiger partial charge in [0.15, 0.2) is 5.72 Å². The van der Waals surface area contributed by atoms with E-state index in [0.29, 0.717) is 0 Å². The van der Waals surface area contributed by atoms with Crippen LogP contribution in [0.4, 0.5) is 0 Å². The summed E-state index contributed by atoms with van der Waals surface area (Å²) in [6, 6.07) is 12.9. The molecular formula is C20H21N3O. The van der Waals surface area contributed by atoms with Gasteiger partial charge in [0.2, 0.25) is 0 Å². The third-order valence-electron chi connectivity index (χ3n) is 5.55. The number of fused-ring (bicyclic) bond motifs is 4. The van der Waals surface area contributed by atoms with Crippen LogP contribution in [0.1, 0.15) is 55.7 Å². The Hall–Kier alpha value is -2.36. The van der Waals surface area contributed by atoms with E-state index in [1.807, 2.05) is 12.4 Å². The van der Waals surface area contributed by atoms with Gasteiger partial charge in [0.1, 0.15) is 5.75 Å². The summed E-state index contributed by atoms with van der Waals surface area (Å²) in [5.74, 6) is 1.05. The lowest BCUT2D eigenvalue weighted by Gasteiger charge is -2.49. The summed E-state index contributed by atoms with van der Waals surface area (Å²) in [5, 5.41) is 7.34.